The third-order valence-electron chi connectivity index (χ3n) is 3.59. The lowest BCUT2D eigenvalue weighted by Crippen LogP contribution is -2.43. The van der Waals surface area contributed by atoms with Crippen molar-refractivity contribution < 1.29 is 13.9 Å². The summed E-state index contributed by atoms with van der Waals surface area (Å²) in [5.41, 5.74) is 0.620. The Bertz CT molecular complexity index is 728. The lowest BCUT2D eigenvalue weighted by Gasteiger charge is -2.20. The molecule has 0 saturated carbocycles. The van der Waals surface area contributed by atoms with Crippen LogP contribution in [-0.2, 0) is 17.7 Å². The van der Waals surface area contributed by atoms with E-state index in [1.807, 2.05) is 63.2 Å². The number of halogens is 1. The van der Waals surface area contributed by atoms with Gasteiger partial charge in [-0.3, -0.25) is 0 Å². The first-order valence-corrected chi connectivity index (χ1v) is 9.48. The zero-order valence-electron chi connectivity index (χ0n) is 17.2. The van der Waals surface area contributed by atoms with Crippen LogP contribution in [0.5, 0.6) is 0 Å². The zero-order chi connectivity index (χ0) is 20.2. The molecule has 2 aromatic rings. The molecule has 29 heavy (non-hydrogen) atoms. The number of rotatable bonds is 8. The number of benzene rings is 1. The van der Waals surface area contributed by atoms with E-state index in [0.717, 1.165) is 17.7 Å². The van der Waals surface area contributed by atoms with Crippen molar-refractivity contribution in [2.45, 2.75) is 39.3 Å². The molecule has 3 N–H and O–H groups in total. The highest BCUT2D eigenvalue weighted by Gasteiger charge is 2.15. The maximum Gasteiger partial charge on any atom is 0.407 e. The Morgan fingerprint density at radius 2 is 1.69 bits per heavy atom. The van der Waals surface area contributed by atoms with Crippen LogP contribution >= 0.6 is 24.0 Å². The van der Waals surface area contributed by atoms with Gasteiger partial charge in [-0.2, -0.15) is 0 Å². The lowest BCUT2D eigenvalue weighted by molar-refractivity contribution is 0.0529. The molecule has 0 aliphatic carbocycles. The van der Waals surface area contributed by atoms with E-state index in [4.69, 9.17) is 9.15 Å². The van der Waals surface area contributed by atoms with Crippen LogP contribution in [0.15, 0.2) is 58.1 Å². The quantitative estimate of drug-likeness (QED) is 0.217. The van der Waals surface area contributed by atoms with Crippen molar-refractivity contribution in [3.8, 4) is 0 Å². The molecular formula is C21H31IN4O3. The van der Waals surface area contributed by atoms with Gasteiger partial charge in [0.2, 0.25) is 0 Å². The number of hydrogen-bond donors (Lipinski definition) is 3. The van der Waals surface area contributed by atoms with Crippen LogP contribution in [0, 0.1) is 0 Å². The van der Waals surface area contributed by atoms with Gasteiger partial charge >= 0.3 is 6.09 Å². The van der Waals surface area contributed by atoms with Crippen molar-refractivity contribution in [3.05, 3.63) is 60.1 Å². The molecule has 0 bridgehead atoms. The summed E-state index contributed by atoms with van der Waals surface area (Å²) in [6.45, 7) is 7.72. The average molecular weight is 514 g/mol. The van der Waals surface area contributed by atoms with Crippen molar-refractivity contribution in [1.29, 1.82) is 0 Å². The second-order valence-corrected chi connectivity index (χ2v) is 7.26. The van der Waals surface area contributed by atoms with E-state index in [1.54, 1.807) is 6.26 Å². The summed E-state index contributed by atoms with van der Waals surface area (Å²) >= 11 is 0. The van der Waals surface area contributed by atoms with Crippen molar-refractivity contribution >= 4 is 36.0 Å². The van der Waals surface area contributed by atoms with Crippen molar-refractivity contribution in [2.24, 2.45) is 4.99 Å². The first-order chi connectivity index (χ1) is 13.4. The summed E-state index contributed by atoms with van der Waals surface area (Å²) in [6.07, 6.45) is 2.00. The Morgan fingerprint density at radius 3 is 2.34 bits per heavy atom. The molecule has 1 amide bonds. The van der Waals surface area contributed by atoms with Crippen LogP contribution in [0.25, 0.3) is 0 Å². The predicted molar refractivity (Wildman–Crippen MR) is 126 cm³/mol. The Balaban J connectivity index is 0.00000420. The highest BCUT2D eigenvalue weighted by Crippen LogP contribution is 2.06. The molecule has 7 nitrogen and oxygen atoms in total. The van der Waals surface area contributed by atoms with Gasteiger partial charge in [0.05, 0.1) is 12.8 Å². The number of nitrogens with zero attached hydrogens (tertiary/aromatic N) is 1. The van der Waals surface area contributed by atoms with Gasteiger partial charge in [-0.15, -0.1) is 24.0 Å². The molecule has 0 atom stereocenters. The highest BCUT2D eigenvalue weighted by atomic mass is 127. The molecule has 0 fully saturated rings. The Kier molecular flexibility index (Phi) is 11.2. The molecule has 1 aromatic carbocycles. The molecule has 2 rings (SSSR count). The van der Waals surface area contributed by atoms with E-state index < -0.39 is 11.7 Å². The Hall–Kier alpha value is -2.23. The van der Waals surface area contributed by atoms with Crippen LogP contribution in [0.4, 0.5) is 4.79 Å². The number of nitrogens with one attached hydrogen (secondary N) is 3. The van der Waals surface area contributed by atoms with Gasteiger partial charge in [0.1, 0.15) is 11.4 Å². The first-order valence-electron chi connectivity index (χ1n) is 9.48. The van der Waals surface area contributed by atoms with Crippen LogP contribution in [-0.4, -0.2) is 37.3 Å². The standard InChI is InChI=1S/C21H30N4O3.HI/c1-21(2,3)28-20(26)24-14-13-23-19(22-12-11-18-10-7-15-27-18)25-16-17-8-5-4-6-9-17;/h4-10,15H,11-14,16H2,1-3H3,(H,24,26)(H2,22,23,25);1H. The topological polar surface area (TPSA) is 87.9 Å². The number of guanidine groups is 1. The van der Waals surface area contributed by atoms with Crippen molar-refractivity contribution in [2.75, 3.05) is 19.6 Å². The maximum absolute atomic E-state index is 11.7. The summed E-state index contributed by atoms with van der Waals surface area (Å²) in [7, 11) is 0. The van der Waals surface area contributed by atoms with Crippen LogP contribution in [0.2, 0.25) is 0 Å². The molecule has 0 aliphatic heterocycles. The molecule has 0 unspecified atom stereocenters. The van der Waals surface area contributed by atoms with Crippen LogP contribution in [0.3, 0.4) is 0 Å². The monoisotopic (exact) mass is 514 g/mol. The number of carbonyl (C=O) groups excluding carboxylic acids is 1. The van der Waals surface area contributed by atoms with Gasteiger partial charge in [-0.05, 0) is 38.5 Å². The fraction of sp³-hybridized carbons (Fsp3) is 0.429. The van der Waals surface area contributed by atoms with Gasteiger partial charge in [0.15, 0.2) is 5.96 Å². The molecule has 0 spiro atoms. The minimum Gasteiger partial charge on any atom is -0.469 e. The minimum absolute atomic E-state index is 0. The molecule has 8 heteroatoms. The van der Waals surface area contributed by atoms with Crippen LogP contribution in [0.1, 0.15) is 32.1 Å². The Morgan fingerprint density at radius 1 is 1.00 bits per heavy atom. The molecule has 1 heterocycles. The summed E-state index contributed by atoms with van der Waals surface area (Å²) in [4.78, 5) is 16.3. The smallest absolute Gasteiger partial charge is 0.407 e. The summed E-state index contributed by atoms with van der Waals surface area (Å²) < 4.78 is 10.6. The molecule has 0 aliphatic rings. The number of amides is 1. The molecule has 0 saturated heterocycles. The summed E-state index contributed by atoms with van der Waals surface area (Å²) in [6, 6.07) is 13.9. The number of furan rings is 1. The van der Waals surface area contributed by atoms with E-state index >= 15 is 0 Å². The largest absolute Gasteiger partial charge is 0.469 e. The van der Waals surface area contributed by atoms with Crippen molar-refractivity contribution in [1.82, 2.24) is 16.0 Å². The number of carbonyl (C=O) groups is 1. The lowest BCUT2D eigenvalue weighted by atomic mass is 10.2. The third-order valence-corrected chi connectivity index (χ3v) is 3.59. The van der Waals surface area contributed by atoms with E-state index in [2.05, 4.69) is 20.9 Å². The third kappa shape index (κ3) is 11.4. The molecule has 1 aromatic heterocycles. The maximum atomic E-state index is 11.7. The molecule has 0 radical (unpaired) electrons. The van der Waals surface area contributed by atoms with E-state index in [0.29, 0.717) is 32.1 Å². The Labute approximate surface area is 189 Å². The van der Waals surface area contributed by atoms with E-state index in [-0.39, 0.29) is 24.0 Å². The second-order valence-electron chi connectivity index (χ2n) is 7.26. The van der Waals surface area contributed by atoms with Gasteiger partial charge < -0.3 is 25.1 Å². The first kappa shape index (κ1) is 24.8. The summed E-state index contributed by atoms with van der Waals surface area (Å²) in [5, 5.41) is 9.24. The minimum atomic E-state index is -0.507. The van der Waals surface area contributed by atoms with E-state index in [9.17, 15) is 4.79 Å². The number of aliphatic imine (C=N–C) groups is 1. The zero-order valence-corrected chi connectivity index (χ0v) is 19.6. The fourth-order valence-electron chi connectivity index (χ4n) is 2.35. The normalized spacial score (nSPS) is 11.3. The number of ether oxygens (including phenoxy) is 1. The van der Waals surface area contributed by atoms with Gasteiger partial charge in [0.25, 0.3) is 0 Å². The second kappa shape index (κ2) is 13.1. The number of alkyl carbamates (subject to hydrolysis) is 1. The van der Waals surface area contributed by atoms with Crippen LogP contribution < -0.4 is 16.0 Å². The van der Waals surface area contributed by atoms with Gasteiger partial charge in [-0.25, -0.2) is 9.79 Å². The average Bonchev–Trinajstić information content (AvgIpc) is 3.15. The molecule has 160 valence electrons. The van der Waals surface area contributed by atoms with Crippen molar-refractivity contribution in [3.63, 3.8) is 0 Å². The molecular weight excluding hydrogens is 483 g/mol. The number of hydrogen-bond acceptors (Lipinski definition) is 4. The predicted octanol–water partition coefficient (Wildman–Crippen LogP) is 3.70. The highest BCUT2D eigenvalue weighted by molar-refractivity contribution is 14.0. The fourth-order valence-corrected chi connectivity index (χ4v) is 2.35. The summed E-state index contributed by atoms with van der Waals surface area (Å²) in [5.74, 6) is 1.60. The van der Waals surface area contributed by atoms with E-state index in [1.165, 1.54) is 0 Å². The SMILES string of the molecule is CC(C)(C)OC(=O)NCCNC(=NCc1ccccc1)NCCc1ccco1.I. The van der Waals surface area contributed by atoms with Gasteiger partial charge in [0, 0.05) is 26.1 Å². The van der Waals surface area contributed by atoms with Gasteiger partial charge in [-0.1, -0.05) is 30.3 Å².